The number of nitro groups is 1. The van der Waals surface area contributed by atoms with Crippen LogP contribution in [-0.4, -0.2) is 15.1 Å². The third-order valence-electron chi connectivity index (χ3n) is 1.98. The zero-order valence-electron chi connectivity index (χ0n) is 7.48. The van der Waals surface area contributed by atoms with Gasteiger partial charge in [0.1, 0.15) is 0 Å². The van der Waals surface area contributed by atoms with E-state index in [0.717, 1.165) is 12.1 Å². The maximum atomic E-state index is 13.2. The molecule has 0 bridgehead atoms. The Morgan fingerprint density at radius 2 is 2.20 bits per heavy atom. The van der Waals surface area contributed by atoms with E-state index in [4.69, 9.17) is 0 Å². The smallest absolute Gasteiger partial charge is 0.285 e. The third-order valence-corrected chi connectivity index (χ3v) is 1.98. The van der Waals surface area contributed by atoms with Crippen molar-refractivity contribution in [3.8, 4) is 11.1 Å². The average Bonchev–Trinajstić information content (AvgIpc) is 2.69. The standard InChI is InChI=1S/C9H6FN3O2/c10-8-3-6(7-4-11-12-5-7)1-2-9(8)13(14)15/h1-5H,(H,11,12). The summed E-state index contributed by atoms with van der Waals surface area (Å²) >= 11 is 0. The number of halogens is 1. The van der Waals surface area contributed by atoms with Gasteiger partial charge in [-0.15, -0.1) is 0 Å². The summed E-state index contributed by atoms with van der Waals surface area (Å²) in [6.45, 7) is 0. The van der Waals surface area contributed by atoms with Crippen molar-refractivity contribution in [2.75, 3.05) is 0 Å². The van der Waals surface area contributed by atoms with Gasteiger partial charge in [0, 0.05) is 17.8 Å². The molecule has 0 saturated carbocycles. The van der Waals surface area contributed by atoms with Gasteiger partial charge < -0.3 is 0 Å². The summed E-state index contributed by atoms with van der Waals surface area (Å²) in [6.07, 6.45) is 3.10. The molecule has 1 heterocycles. The van der Waals surface area contributed by atoms with Crippen LogP contribution in [0.1, 0.15) is 0 Å². The molecule has 0 atom stereocenters. The van der Waals surface area contributed by atoms with Crippen LogP contribution in [0.4, 0.5) is 10.1 Å². The maximum Gasteiger partial charge on any atom is 0.304 e. The molecule has 0 aliphatic heterocycles. The van der Waals surface area contributed by atoms with Crippen LogP contribution in [0, 0.1) is 15.9 Å². The molecule has 0 aliphatic rings. The topological polar surface area (TPSA) is 71.8 Å². The first-order valence-corrected chi connectivity index (χ1v) is 4.11. The van der Waals surface area contributed by atoms with E-state index in [2.05, 4.69) is 10.2 Å². The Kier molecular flexibility index (Phi) is 2.17. The van der Waals surface area contributed by atoms with Crippen molar-refractivity contribution in [1.82, 2.24) is 10.2 Å². The van der Waals surface area contributed by atoms with Crippen LogP contribution in [0.15, 0.2) is 30.6 Å². The zero-order valence-corrected chi connectivity index (χ0v) is 7.48. The van der Waals surface area contributed by atoms with E-state index in [1.165, 1.54) is 12.3 Å². The number of nitro benzene ring substituents is 1. The molecule has 0 spiro atoms. The van der Waals surface area contributed by atoms with Gasteiger partial charge in [-0.2, -0.15) is 9.49 Å². The lowest BCUT2D eigenvalue weighted by atomic mass is 10.1. The van der Waals surface area contributed by atoms with E-state index in [1.807, 2.05) is 0 Å². The minimum Gasteiger partial charge on any atom is -0.285 e. The first-order chi connectivity index (χ1) is 7.18. The highest BCUT2D eigenvalue weighted by Gasteiger charge is 2.14. The van der Waals surface area contributed by atoms with Crippen molar-refractivity contribution in [1.29, 1.82) is 0 Å². The molecule has 2 aromatic rings. The molecule has 0 fully saturated rings. The first-order valence-electron chi connectivity index (χ1n) is 4.11. The monoisotopic (exact) mass is 207 g/mol. The fraction of sp³-hybridized carbons (Fsp3) is 0. The fourth-order valence-corrected chi connectivity index (χ4v) is 1.24. The Balaban J connectivity index is 2.47. The van der Waals surface area contributed by atoms with Gasteiger partial charge in [-0.05, 0) is 17.7 Å². The van der Waals surface area contributed by atoms with Crippen LogP contribution in [0.2, 0.25) is 0 Å². The van der Waals surface area contributed by atoms with Crippen LogP contribution >= 0.6 is 0 Å². The zero-order chi connectivity index (χ0) is 10.8. The average molecular weight is 207 g/mol. The number of benzene rings is 1. The molecule has 6 heteroatoms. The first kappa shape index (κ1) is 9.32. The summed E-state index contributed by atoms with van der Waals surface area (Å²) in [7, 11) is 0. The number of hydrogen-bond donors (Lipinski definition) is 1. The number of aromatic amines is 1. The van der Waals surface area contributed by atoms with Crippen LogP contribution in [0.3, 0.4) is 0 Å². The molecule has 5 nitrogen and oxygen atoms in total. The number of rotatable bonds is 2. The van der Waals surface area contributed by atoms with Crippen molar-refractivity contribution in [3.05, 3.63) is 46.5 Å². The lowest BCUT2D eigenvalue weighted by Crippen LogP contribution is -1.92. The third kappa shape index (κ3) is 1.69. The van der Waals surface area contributed by atoms with E-state index in [9.17, 15) is 14.5 Å². The van der Waals surface area contributed by atoms with Crippen molar-refractivity contribution in [3.63, 3.8) is 0 Å². The predicted octanol–water partition coefficient (Wildman–Crippen LogP) is 2.12. The van der Waals surface area contributed by atoms with E-state index < -0.39 is 16.4 Å². The van der Waals surface area contributed by atoms with Gasteiger partial charge in [0.05, 0.1) is 11.1 Å². The summed E-state index contributed by atoms with van der Waals surface area (Å²) in [6, 6.07) is 3.73. The second kappa shape index (κ2) is 3.49. The van der Waals surface area contributed by atoms with Crippen molar-refractivity contribution >= 4 is 5.69 Å². The van der Waals surface area contributed by atoms with Gasteiger partial charge in [-0.1, -0.05) is 0 Å². The highest BCUT2D eigenvalue weighted by molar-refractivity contribution is 5.63. The number of nitrogens with one attached hydrogen (secondary N) is 1. The Morgan fingerprint density at radius 1 is 1.40 bits per heavy atom. The van der Waals surface area contributed by atoms with Crippen LogP contribution in [0.5, 0.6) is 0 Å². The molecular formula is C9H6FN3O2. The molecule has 1 N–H and O–H groups in total. The Labute approximate surface area is 83.7 Å². The van der Waals surface area contributed by atoms with Gasteiger partial charge >= 0.3 is 5.69 Å². The van der Waals surface area contributed by atoms with Crippen molar-refractivity contribution < 1.29 is 9.31 Å². The summed E-state index contributed by atoms with van der Waals surface area (Å²) in [4.78, 5) is 9.61. The van der Waals surface area contributed by atoms with Gasteiger partial charge in [0.15, 0.2) is 0 Å². The predicted molar refractivity (Wildman–Crippen MR) is 50.6 cm³/mol. The van der Waals surface area contributed by atoms with Gasteiger partial charge in [0.25, 0.3) is 0 Å². The van der Waals surface area contributed by atoms with Crippen LogP contribution in [-0.2, 0) is 0 Å². The molecule has 15 heavy (non-hydrogen) atoms. The highest BCUT2D eigenvalue weighted by atomic mass is 19.1. The largest absolute Gasteiger partial charge is 0.304 e. The molecule has 0 radical (unpaired) electrons. The normalized spacial score (nSPS) is 10.2. The van der Waals surface area contributed by atoms with E-state index in [-0.39, 0.29) is 0 Å². The maximum absolute atomic E-state index is 13.2. The van der Waals surface area contributed by atoms with Crippen LogP contribution in [0.25, 0.3) is 11.1 Å². The number of aromatic nitrogens is 2. The van der Waals surface area contributed by atoms with E-state index in [0.29, 0.717) is 11.1 Å². The Bertz CT molecular complexity index is 496. The summed E-state index contributed by atoms with van der Waals surface area (Å²) < 4.78 is 13.2. The van der Waals surface area contributed by atoms with Gasteiger partial charge in [0.2, 0.25) is 5.82 Å². The van der Waals surface area contributed by atoms with Crippen molar-refractivity contribution in [2.45, 2.75) is 0 Å². The molecule has 0 unspecified atom stereocenters. The van der Waals surface area contributed by atoms with Crippen LogP contribution < -0.4 is 0 Å². The van der Waals surface area contributed by atoms with Crippen molar-refractivity contribution in [2.24, 2.45) is 0 Å². The van der Waals surface area contributed by atoms with E-state index >= 15 is 0 Å². The lowest BCUT2D eigenvalue weighted by Gasteiger charge is -1.97. The number of hydrogen-bond acceptors (Lipinski definition) is 3. The molecule has 1 aromatic carbocycles. The number of nitrogens with zero attached hydrogens (tertiary/aromatic N) is 2. The SMILES string of the molecule is O=[N+]([O-])c1ccc(-c2cn[nH]c2)cc1F. The second-order valence-electron chi connectivity index (χ2n) is 2.91. The van der Waals surface area contributed by atoms with Gasteiger partial charge in [-0.3, -0.25) is 15.2 Å². The summed E-state index contributed by atoms with van der Waals surface area (Å²) in [5, 5.41) is 16.6. The van der Waals surface area contributed by atoms with E-state index in [1.54, 1.807) is 6.20 Å². The molecule has 0 saturated heterocycles. The molecule has 1 aromatic heterocycles. The minimum atomic E-state index is -0.848. The minimum absolute atomic E-state index is 0.526. The second-order valence-corrected chi connectivity index (χ2v) is 2.91. The quantitative estimate of drug-likeness (QED) is 0.605. The molecule has 0 aliphatic carbocycles. The Hall–Kier alpha value is -2.24. The fourth-order valence-electron chi connectivity index (χ4n) is 1.24. The summed E-state index contributed by atoms with van der Waals surface area (Å²) in [5.41, 5.74) is 0.706. The Morgan fingerprint density at radius 3 is 2.73 bits per heavy atom. The summed E-state index contributed by atoms with van der Waals surface area (Å²) in [5.74, 6) is -0.848. The molecule has 0 amide bonds. The number of H-pyrrole nitrogens is 1. The molecule has 76 valence electrons. The molecular weight excluding hydrogens is 201 g/mol. The molecule has 2 rings (SSSR count). The highest BCUT2D eigenvalue weighted by Crippen LogP contribution is 2.24. The lowest BCUT2D eigenvalue weighted by molar-refractivity contribution is -0.387. The van der Waals surface area contributed by atoms with Gasteiger partial charge in [-0.25, -0.2) is 0 Å².